The molecule has 1 aromatic rings. The molecule has 6 heteroatoms. The number of carbonyl (C=O) groups excluding carboxylic acids is 1. The first-order chi connectivity index (χ1) is 6.86. The second-order valence-corrected chi connectivity index (χ2v) is 2.73. The predicted molar refractivity (Wildman–Crippen MR) is 44.7 cm³/mol. The summed E-state index contributed by atoms with van der Waals surface area (Å²) in [6, 6.07) is 4.10. The van der Waals surface area contributed by atoms with Crippen molar-refractivity contribution in [2.75, 3.05) is 0 Å². The van der Waals surface area contributed by atoms with Crippen LogP contribution in [-0.4, -0.2) is 5.91 Å². The number of hydrogen-bond donors (Lipinski definition) is 1. The van der Waals surface area contributed by atoms with Crippen molar-refractivity contribution in [3.8, 4) is 6.07 Å². The Morgan fingerprint density at radius 2 is 2.00 bits per heavy atom. The monoisotopic (exact) mass is 214 g/mol. The van der Waals surface area contributed by atoms with E-state index in [0.29, 0.717) is 6.07 Å². The molecule has 0 aromatic heterocycles. The van der Waals surface area contributed by atoms with Crippen LogP contribution in [0.4, 0.5) is 13.2 Å². The smallest absolute Gasteiger partial charge is 0.366 e. The van der Waals surface area contributed by atoms with E-state index in [1.165, 1.54) is 0 Å². The number of carbonyl (C=O) groups is 1. The summed E-state index contributed by atoms with van der Waals surface area (Å²) in [4.78, 5) is 10.7. The van der Waals surface area contributed by atoms with Gasteiger partial charge in [0.1, 0.15) is 0 Å². The molecule has 0 aliphatic carbocycles. The molecule has 3 nitrogen and oxygen atoms in total. The fourth-order valence-electron chi connectivity index (χ4n) is 1.06. The highest BCUT2D eigenvalue weighted by Gasteiger charge is 2.34. The van der Waals surface area contributed by atoms with E-state index in [-0.39, 0.29) is 5.56 Å². The number of alkyl halides is 3. The van der Waals surface area contributed by atoms with Gasteiger partial charge in [0.2, 0.25) is 5.91 Å². The topological polar surface area (TPSA) is 66.9 Å². The van der Waals surface area contributed by atoms with Gasteiger partial charge in [-0.3, -0.25) is 4.79 Å². The van der Waals surface area contributed by atoms with Gasteiger partial charge in [-0.15, -0.1) is 0 Å². The fraction of sp³-hybridized carbons (Fsp3) is 0.111. The Bertz CT molecular complexity index is 446. The van der Waals surface area contributed by atoms with Crippen LogP contribution in [0, 0.1) is 11.3 Å². The van der Waals surface area contributed by atoms with Crippen LogP contribution >= 0.6 is 0 Å². The molecule has 1 amide bonds. The number of nitriles is 1. The molecule has 0 atom stereocenters. The highest BCUT2D eigenvalue weighted by Crippen LogP contribution is 2.32. The SMILES string of the molecule is N#Cc1ccc(C(F)(F)F)c(C(N)=O)c1. The zero-order valence-electron chi connectivity index (χ0n) is 7.30. The lowest BCUT2D eigenvalue weighted by atomic mass is 10.0. The van der Waals surface area contributed by atoms with Crippen LogP contribution in [0.5, 0.6) is 0 Å². The van der Waals surface area contributed by atoms with Gasteiger partial charge in [0, 0.05) is 0 Å². The summed E-state index contributed by atoms with van der Waals surface area (Å²) >= 11 is 0. The summed E-state index contributed by atoms with van der Waals surface area (Å²) in [5.41, 5.74) is 2.92. The Balaban J connectivity index is 3.42. The summed E-state index contributed by atoms with van der Waals surface area (Å²) in [5.74, 6) is -1.21. The second-order valence-electron chi connectivity index (χ2n) is 2.73. The van der Waals surface area contributed by atoms with Gasteiger partial charge in [0.05, 0.1) is 22.8 Å². The second kappa shape index (κ2) is 3.61. The quantitative estimate of drug-likeness (QED) is 0.772. The van der Waals surface area contributed by atoms with E-state index in [1.807, 2.05) is 0 Å². The van der Waals surface area contributed by atoms with Crippen molar-refractivity contribution in [2.45, 2.75) is 6.18 Å². The van der Waals surface area contributed by atoms with Gasteiger partial charge in [-0.1, -0.05) is 0 Å². The van der Waals surface area contributed by atoms with Gasteiger partial charge in [-0.2, -0.15) is 18.4 Å². The number of benzene rings is 1. The van der Waals surface area contributed by atoms with Gasteiger partial charge >= 0.3 is 6.18 Å². The molecule has 0 spiro atoms. The number of amides is 1. The van der Waals surface area contributed by atoms with Crippen molar-refractivity contribution in [3.63, 3.8) is 0 Å². The number of nitrogens with zero attached hydrogens (tertiary/aromatic N) is 1. The molecule has 0 aliphatic heterocycles. The molecule has 1 rings (SSSR count). The van der Waals surface area contributed by atoms with Gasteiger partial charge in [0.25, 0.3) is 0 Å². The van der Waals surface area contributed by atoms with E-state index in [9.17, 15) is 18.0 Å². The van der Waals surface area contributed by atoms with Crippen molar-refractivity contribution >= 4 is 5.91 Å². The Hall–Kier alpha value is -2.03. The summed E-state index contributed by atoms with van der Waals surface area (Å²) < 4.78 is 37.1. The molecule has 2 N–H and O–H groups in total. The molecule has 0 saturated heterocycles. The van der Waals surface area contributed by atoms with E-state index < -0.39 is 23.2 Å². The third-order valence-corrected chi connectivity index (χ3v) is 1.72. The normalized spacial score (nSPS) is 10.8. The average Bonchev–Trinajstić information content (AvgIpc) is 2.15. The largest absolute Gasteiger partial charge is 0.417 e. The lowest BCUT2D eigenvalue weighted by Gasteiger charge is -2.10. The number of primary amides is 1. The average molecular weight is 214 g/mol. The van der Waals surface area contributed by atoms with Gasteiger partial charge in [-0.05, 0) is 18.2 Å². The maximum atomic E-state index is 12.4. The van der Waals surface area contributed by atoms with Crippen molar-refractivity contribution in [2.24, 2.45) is 5.73 Å². The van der Waals surface area contributed by atoms with Crippen molar-refractivity contribution < 1.29 is 18.0 Å². The first kappa shape index (κ1) is 11.0. The molecule has 15 heavy (non-hydrogen) atoms. The minimum atomic E-state index is -4.65. The fourth-order valence-corrected chi connectivity index (χ4v) is 1.06. The summed E-state index contributed by atoms with van der Waals surface area (Å²) in [5, 5.41) is 8.45. The van der Waals surface area contributed by atoms with Crippen molar-refractivity contribution in [1.29, 1.82) is 5.26 Å². The third kappa shape index (κ3) is 2.26. The number of halogens is 3. The lowest BCUT2D eigenvalue weighted by Crippen LogP contribution is -2.18. The zero-order chi connectivity index (χ0) is 11.6. The zero-order valence-corrected chi connectivity index (χ0v) is 7.30. The molecule has 0 bridgehead atoms. The first-order valence-electron chi connectivity index (χ1n) is 3.77. The van der Waals surface area contributed by atoms with Crippen LogP contribution in [-0.2, 0) is 6.18 Å². The molecule has 78 valence electrons. The Kier molecular flexibility index (Phi) is 2.66. The molecule has 0 radical (unpaired) electrons. The summed E-state index contributed by atoms with van der Waals surface area (Å²) in [6.07, 6.45) is -4.65. The van der Waals surface area contributed by atoms with Gasteiger partial charge < -0.3 is 5.73 Å². The molecular formula is C9H5F3N2O. The maximum absolute atomic E-state index is 12.4. The van der Waals surface area contributed by atoms with E-state index in [4.69, 9.17) is 11.0 Å². The Labute approximate surface area is 82.9 Å². The third-order valence-electron chi connectivity index (χ3n) is 1.72. The highest BCUT2D eigenvalue weighted by molar-refractivity contribution is 5.94. The van der Waals surface area contributed by atoms with Crippen LogP contribution in [0.3, 0.4) is 0 Å². The van der Waals surface area contributed by atoms with Crippen LogP contribution in [0.2, 0.25) is 0 Å². The van der Waals surface area contributed by atoms with Gasteiger partial charge in [-0.25, -0.2) is 0 Å². The summed E-state index contributed by atoms with van der Waals surface area (Å²) in [7, 11) is 0. The summed E-state index contributed by atoms with van der Waals surface area (Å²) in [6.45, 7) is 0. The number of rotatable bonds is 1. The van der Waals surface area contributed by atoms with Crippen LogP contribution in [0.25, 0.3) is 0 Å². The van der Waals surface area contributed by atoms with E-state index in [0.717, 1.165) is 12.1 Å². The lowest BCUT2D eigenvalue weighted by molar-refractivity contribution is -0.137. The van der Waals surface area contributed by atoms with E-state index >= 15 is 0 Å². The number of hydrogen-bond acceptors (Lipinski definition) is 2. The van der Waals surface area contributed by atoms with Crippen molar-refractivity contribution in [1.82, 2.24) is 0 Å². The van der Waals surface area contributed by atoms with Crippen molar-refractivity contribution in [3.05, 3.63) is 34.9 Å². The van der Waals surface area contributed by atoms with Gasteiger partial charge in [0.15, 0.2) is 0 Å². The molecule has 0 fully saturated rings. The van der Waals surface area contributed by atoms with Crippen LogP contribution in [0.1, 0.15) is 21.5 Å². The molecular weight excluding hydrogens is 209 g/mol. The standard InChI is InChI=1S/C9H5F3N2O/c10-9(11,12)7-2-1-5(4-13)3-6(7)8(14)15/h1-3H,(H2,14,15). The van der Waals surface area contributed by atoms with E-state index in [1.54, 1.807) is 6.07 Å². The van der Waals surface area contributed by atoms with Crippen LogP contribution in [0.15, 0.2) is 18.2 Å². The minimum Gasteiger partial charge on any atom is -0.366 e. The molecule has 0 unspecified atom stereocenters. The minimum absolute atomic E-state index is 0.0446. The maximum Gasteiger partial charge on any atom is 0.417 e. The predicted octanol–water partition coefficient (Wildman–Crippen LogP) is 1.68. The number of nitrogens with two attached hydrogens (primary N) is 1. The molecule has 0 aliphatic rings. The Morgan fingerprint density at radius 3 is 2.40 bits per heavy atom. The Morgan fingerprint density at radius 1 is 1.40 bits per heavy atom. The highest BCUT2D eigenvalue weighted by atomic mass is 19.4. The molecule has 1 aromatic carbocycles. The van der Waals surface area contributed by atoms with Crippen LogP contribution < -0.4 is 5.73 Å². The molecule has 0 saturated carbocycles. The van der Waals surface area contributed by atoms with E-state index in [2.05, 4.69) is 0 Å². The molecule has 0 heterocycles. The first-order valence-corrected chi connectivity index (χ1v) is 3.77.